The van der Waals surface area contributed by atoms with Crippen molar-refractivity contribution in [2.75, 3.05) is 0 Å². The Morgan fingerprint density at radius 3 is 2.60 bits per heavy atom. The molecule has 11 heteroatoms. The van der Waals surface area contributed by atoms with Crippen molar-refractivity contribution >= 4 is 17.8 Å². The molecule has 0 spiro atoms. The smallest absolute Gasteiger partial charge is 0.425 e. The van der Waals surface area contributed by atoms with Crippen molar-refractivity contribution in [1.29, 1.82) is 5.41 Å². The van der Waals surface area contributed by atoms with Crippen LogP contribution in [0.5, 0.6) is 5.75 Å². The normalized spacial score (nSPS) is 28.1. The van der Waals surface area contributed by atoms with Gasteiger partial charge in [-0.1, -0.05) is 45.0 Å². The van der Waals surface area contributed by atoms with Gasteiger partial charge in [0.2, 0.25) is 11.8 Å². The van der Waals surface area contributed by atoms with E-state index in [1.165, 1.54) is 11.0 Å². The van der Waals surface area contributed by atoms with Crippen LogP contribution >= 0.6 is 0 Å². The van der Waals surface area contributed by atoms with Gasteiger partial charge in [-0.2, -0.15) is 13.2 Å². The summed E-state index contributed by atoms with van der Waals surface area (Å²) in [5.41, 5.74) is 0.697. The highest BCUT2D eigenvalue weighted by Gasteiger charge is 2.60. The minimum Gasteiger partial charge on any atom is -0.480 e. The van der Waals surface area contributed by atoms with Gasteiger partial charge in [0.1, 0.15) is 5.75 Å². The highest BCUT2D eigenvalue weighted by Crippen LogP contribution is 2.56. The van der Waals surface area contributed by atoms with Crippen molar-refractivity contribution in [2.45, 2.75) is 76.4 Å². The zero-order chi connectivity index (χ0) is 28.8. The summed E-state index contributed by atoms with van der Waals surface area (Å²) in [5.74, 6) is -1.58. The van der Waals surface area contributed by atoms with Crippen LogP contribution in [0.1, 0.15) is 69.7 Å². The second-order valence-corrected chi connectivity index (χ2v) is 11.1. The summed E-state index contributed by atoms with van der Waals surface area (Å²) in [6.07, 6.45) is -2.21. The third kappa shape index (κ3) is 5.01. The molecule has 8 nitrogen and oxygen atoms in total. The first-order valence-electron chi connectivity index (χ1n) is 13.7. The molecule has 2 amide bonds. The highest BCUT2D eigenvalue weighted by atomic mass is 19.4. The first-order valence-corrected chi connectivity index (χ1v) is 13.7. The van der Waals surface area contributed by atoms with Crippen molar-refractivity contribution in [1.82, 2.24) is 20.5 Å². The zero-order valence-electron chi connectivity index (χ0n) is 22.7. The Bertz CT molecular complexity index is 1260. The maximum absolute atomic E-state index is 13.6. The molecule has 1 aromatic carbocycles. The second kappa shape index (κ2) is 10.4. The minimum absolute atomic E-state index is 0.0153. The molecule has 2 aromatic rings. The van der Waals surface area contributed by atoms with E-state index in [1.807, 2.05) is 26.8 Å². The Hall–Kier alpha value is -3.63. The number of hydrogen-bond acceptors (Lipinski definition) is 5. The SMILES string of the molecule is CCC1(CC)CC(=O)N(C(c2cccnc2)C2C(C)C2C(=O)N[C@H]2C[C@H](C(F)(F)F)Oc3ccccc32)C(=N)N1. The predicted octanol–water partition coefficient (Wildman–Crippen LogP) is 4.89. The van der Waals surface area contributed by atoms with Gasteiger partial charge in [-0.3, -0.25) is 24.9 Å². The van der Waals surface area contributed by atoms with Crippen LogP contribution in [0, 0.1) is 23.2 Å². The lowest BCUT2D eigenvalue weighted by Crippen LogP contribution is -2.62. The molecule has 1 aromatic heterocycles. The number of fused-ring (bicyclic) bond motifs is 1. The van der Waals surface area contributed by atoms with Crippen molar-refractivity contribution in [3.8, 4) is 5.75 Å². The number of hydrogen-bond donors (Lipinski definition) is 3. The van der Waals surface area contributed by atoms with Gasteiger partial charge in [0.05, 0.1) is 18.5 Å². The number of pyridine rings is 1. The average molecular weight is 558 g/mol. The number of carbonyl (C=O) groups is 2. The third-order valence-electron chi connectivity index (χ3n) is 8.85. The number of carbonyl (C=O) groups excluding carboxylic acids is 2. The topological polar surface area (TPSA) is 107 Å². The van der Waals surface area contributed by atoms with E-state index in [2.05, 4.69) is 15.6 Å². The summed E-state index contributed by atoms with van der Waals surface area (Å²) >= 11 is 0. The molecule has 0 bridgehead atoms. The number of nitrogens with zero attached hydrogens (tertiary/aromatic N) is 2. The summed E-state index contributed by atoms with van der Waals surface area (Å²) < 4.78 is 46.0. The van der Waals surface area contributed by atoms with Crippen LogP contribution in [0.3, 0.4) is 0 Å². The van der Waals surface area contributed by atoms with Gasteiger partial charge in [0.15, 0.2) is 12.1 Å². The fourth-order valence-electron chi connectivity index (χ4n) is 6.33. The molecule has 0 radical (unpaired) electrons. The number of aromatic nitrogens is 1. The van der Waals surface area contributed by atoms with Gasteiger partial charge in [-0.25, -0.2) is 0 Å². The van der Waals surface area contributed by atoms with E-state index < -0.39 is 42.2 Å². The van der Waals surface area contributed by atoms with E-state index >= 15 is 0 Å². The molecule has 2 aliphatic heterocycles. The monoisotopic (exact) mass is 557 g/mol. The van der Waals surface area contributed by atoms with Crippen LogP contribution in [-0.4, -0.2) is 45.5 Å². The Kier molecular flexibility index (Phi) is 7.26. The maximum Gasteiger partial charge on any atom is 0.425 e. The van der Waals surface area contributed by atoms with Crippen molar-refractivity contribution < 1.29 is 27.5 Å². The van der Waals surface area contributed by atoms with E-state index in [4.69, 9.17) is 10.1 Å². The molecule has 3 heterocycles. The Morgan fingerprint density at radius 2 is 1.98 bits per heavy atom. The molecular formula is C29H34F3N5O3. The average Bonchev–Trinajstić information content (AvgIpc) is 3.60. The van der Waals surface area contributed by atoms with Gasteiger partial charge in [-0.05, 0) is 42.4 Å². The Balaban J connectivity index is 1.41. The fraction of sp³-hybridized carbons (Fsp3) is 0.517. The van der Waals surface area contributed by atoms with Crippen LogP contribution < -0.4 is 15.4 Å². The molecule has 2 fully saturated rings. The molecule has 4 unspecified atom stereocenters. The molecule has 1 saturated heterocycles. The van der Waals surface area contributed by atoms with Gasteiger partial charge in [-0.15, -0.1) is 0 Å². The highest BCUT2D eigenvalue weighted by molar-refractivity contribution is 6.00. The number of amides is 2. The van der Waals surface area contributed by atoms with Gasteiger partial charge >= 0.3 is 6.18 Å². The summed E-state index contributed by atoms with van der Waals surface area (Å²) in [4.78, 5) is 32.8. The summed E-state index contributed by atoms with van der Waals surface area (Å²) in [7, 11) is 0. The summed E-state index contributed by atoms with van der Waals surface area (Å²) in [6.45, 7) is 5.85. The number of guanidine groups is 1. The van der Waals surface area contributed by atoms with Crippen molar-refractivity contribution in [3.63, 3.8) is 0 Å². The molecule has 1 aliphatic carbocycles. The molecule has 6 atom stereocenters. The fourth-order valence-corrected chi connectivity index (χ4v) is 6.33. The van der Waals surface area contributed by atoms with Crippen molar-refractivity contribution in [2.24, 2.45) is 17.8 Å². The first kappa shape index (κ1) is 27.9. The van der Waals surface area contributed by atoms with Crippen LogP contribution in [0.4, 0.5) is 13.2 Å². The van der Waals surface area contributed by atoms with Crippen LogP contribution in [0.2, 0.25) is 0 Å². The first-order chi connectivity index (χ1) is 19.0. The second-order valence-electron chi connectivity index (χ2n) is 11.1. The number of alkyl halides is 3. The number of para-hydroxylation sites is 1. The standard InChI is InChI=1S/C29H34F3N5O3/c1-4-28(5-2)14-22(38)37(27(33)36-28)25(17-9-8-12-34-15-17)23-16(3)24(23)26(39)35-19-13-21(29(30,31)32)40-20-11-7-6-10-18(19)20/h6-12,15-16,19,21,23-25H,4-5,13-14H2,1-3H3,(H2,33,36)(H,35,39)/t16?,19-,21+,23?,24?,25?/m0/s1. The van der Waals surface area contributed by atoms with E-state index in [1.54, 1.807) is 36.7 Å². The number of ether oxygens (including phenoxy) is 1. The van der Waals surface area contributed by atoms with Gasteiger partial charge < -0.3 is 15.4 Å². The lowest BCUT2D eigenvalue weighted by molar-refractivity contribution is -0.201. The number of nitrogens with one attached hydrogen (secondary N) is 3. The molecule has 1 saturated carbocycles. The van der Waals surface area contributed by atoms with Crippen LogP contribution in [-0.2, 0) is 9.59 Å². The Morgan fingerprint density at radius 1 is 1.25 bits per heavy atom. The number of halogens is 3. The largest absolute Gasteiger partial charge is 0.480 e. The minimum atomic E-state index is -4.58. The van der Waals surface area contributed by atoms with E-state index in [0.29, 0.717) is 24.0 Å². The number of rotatable bonds is 7. The van der Waals surface area contributed by atoms with Crippen LogP contribution in [0.15, 0.2) is 48.8 Å². The molecule has 5 rings (SSSR count). The molecule has 3 aliphatic rings. The van der Waals surface area contributed by atoms with Gasteiger partial charge in [0.25, 0.3) is 0 Å². The molecule has 40 heavy (non-hydrogen) atoms. The van der Waals surface area contributed by atoms with E-state index in [0.717, 1.165) is 0 Å². The molecular weight excluding hydrogens is 523 g/mol. The van der Waals surface area contributed by atoms with Crippen molar-refractivity contribution in [3.05, 3.63) is 59.9 Å². The molecule has 3 N–H and O–H groups in total. The van der Waals surface area contributed by atoms with E-state index in [9.17, 15) is 22.8 Å². The lowest BCUT2D eigenvalue weighted by Gasteiger charge is -2.45. The number of benzene rings is 1. The Labute approximate surface area is 231 Å². The summed E-state index contributed by atoms with van der Waals surface area (Å²) in [6, 6.07) is 8.50. The quantitative estimate of drug-likeness (QED) is 0.449. The summed E-state index contributed by atoms with van der Waals surface area (Å²) in [5, 5.41) is 14.9. The van der Waals surface area contributed by atoms with E-state index in [-0.39, 0.29) is 41.8 Å². The predicted molar refractivity (Wildman–Crippen MR) is 141 cm³/mol. The maximum atomic E-state index is 13.6. The van der Waals surface area contributed by atoms with Crippen LogP contribution in [0.25, 0.3) is 0 Å². The lowest BCUT2D eigenvalue weighted by atomic mass is 9.85. The van der Waals surface area contributed by atoms with Gasteiger partial charge in [0, 0.05) is 35.8 Å². The zero-order valence-corrected chi connectivity index (χ0v) is 22.7. The molecule has 214 valence electrons. The third-order valence-corrected chi connectivity index (χ3v) is 8.85.